The van der Waals surface area contributed by atoms with Crippen molar-refractivity contribution >= 4 is 6.29 Å². The Morgan fingerprint density at radius 1 is 0.947 bits per heavy atom. The zero-order chi connectivity index (χ0) is 13.5. The number of rotatable bonds is 6. The van der Waals surface area contributed by atoms with Gasteiger partial charge in [0.2, 0.25) is 0 Å². The highest BCUT2D eigenvalue weighted by atomic mass is 16.5. The number of hydrogen-bond donors (Lipinski definition) is 0. The minimum absolute atomic E-state index is 0.421. The van der Waals surface area contributed by atoms with Gasteiger partial charge in [0, 0.05) is 0 Å². The van der Waals surface area contributed by atoms with E-state index in [1.165, 1.54) is 6.42 Å². The van der Waals surface area contributed by atoms with Crippen molar-refractivity contribution in [2.75, 3.05) is 7.11 Å². The van der Waals surface area contributed by atoms with Crippen LogP contribution in [0, 0.1) is 6.42 Å². The monoisotopic (exact) mass is 255 g/mol. The van der Waals surface area contributed by atoms with E-state index in [-0.39, 0.29) is 0 Å². The van der Waals surface area contributed by atoms with E-state index < -0.39 is 6.10 Å². The topological polar surface area (TPSA) is 35.5 Å². The Hall–Kier alpha value is -2.29. The quantitative estimate of drug-likeness (QED) is 0.743. The Morgan fingerprint density at radius 3 is 2.21 bits per heavy atom. The van der Waals surface area contributed by atoms with Crippen LogP contribution in [0.2, 0.25) is 0 Å². The fourth-order valence-corrected chi connectivity index (χ4v) is 1.79. The van der Waals surface area contributed by atoms with Gasteiger partial charge in [-0.2, -0.15) is 0 Å². The van der Waals surface area contributed by atoms with Crippen LogP contribution in [0.4, 0.5) is 0 Å². The molecular formula is C16H15O3. The van der Waals surface area contributed by atoms with E-state index in [0.29, 0.717) is 11.5 Å². The molecule has 0 spiro atoms. The fourth-order valence-electron chi connectivity index (χ4n) is 1.79. The molecule has 0 aliphatic rings. The Balaban J connectivity index is 2.24. The molecule has 1 radical (unpaired) electrons. The highest BCUT2D eigenvalue weighted by Gasteiger charge is 2.15. The summed E-state index contributed by atoms with van der Waals surface area (Å²) in [6.45, 7) is 0. The van der Waals surface area contributed by atoms with Crippen molar-refractivity contribution in [3.63, 3.8) is 0 Å². The lowest BCUT2D eigenvalue weighted by Gasteiger charge is -2.18. The summed E-state index contributed by atoms with van der Waals surface area (Å²) in [5.74, 6) is 1.25. The van der Waals surface area contributed by atoms with Crippen LogP contribution in [0.1, 0.15) is 11.7 Å². The summed E-state index contributed by atoms with van der Waals surface area (Å²) < 4.78 is 11.1. The first kappa shape index (κ1) is 13.1. The maximum atomic E-state index is 10.8. The van der Waals surface area contributed by atoms with Gasteiger partial charge in [-0.3, -0.25) is 0 Å². The molecule has 2 aromatic rings. The van der Waals surface area contributed by atoms with Crippen molar-refractivity contribution < 1.29 is 14.3 Å². The standard InChI is InChI=1S/C16H15O3/c1-18-15-9-5-6-10-16(15)19-14(11-12-17)13-7-3-2-4-8-13/h2-12,14H,1H3. The van der Waals surface area contributed by atoms with E-state index in [4.69, 9.17) is 9.47 Å². The second-order valence-electron chi connectivity index (χ2n) is 3.93. The van der Waals surface area contributed by atoms with Gasteiger partial charge < -0.3 is 14.3 Å². The minimum Gasteiger partial charge on any atom is -0.493 e. The molecule has 0 amide bonds. The van der Waals surface area contributed by atoms with Crippen molar-refractivity contribution in [2.45, 2.75) is 6.10 Å². The van der Waals surface area contributed by atoms with Crippen LogP contribution in [-0.2, 0) is 4.79 Å². The van der Waals surface area contributed by atoms with Crippen molar-refractivity contribution in [1.29, 1.82) is 0 Å². The zero-order valence-corrected chi connectivity index (χ0v) is 10.7. The van der Waals surface area contributed by atoms with Crippen molar-refractivity contribution in [3.05, 3.63) is 66.6 Å². The van der Waals surface area contributed by atoms with Gasteiger partial charge in [0.1, 0.15) is 12.4 Å². The summed E-state index contributed by atoms with van der Waals surface area (Å²) in [6, 6.07) is 16.9. The Bertz CT molecular complexity index is 523. The van der Waals surface area contributed by atoms with Gasteiger partial charge in [-0.15, -0.1) is 0 Å². The average Bonchev–Trinajstić information content (AvgIpc) is 2.48. The van der Waals surface area contributed by atoms with Gasteiger partial charge in [0.05, 0.1) is 13.5 Å². The number of carbonyl (C=O) groups excluding carboxylic acids is 1. The molecule has 2 rings (SSSR count). The molecular weight excluding hydrogens is 240 g/mol. The second-order valence-corrected chi connectivity index (χ2v) is 3.93. The number of benzene rings is 2. The molecule has 0 aliphatic heterocycles. The van der Waals surface area contributed by atoms with Crippen LogP contribution in [0.5, 0.6) is 11.5 Å². The first-order valence-electron chi connectivity index (χ1n) is 5.98. The van der Waals surface area contributed by atoms with Gasteiger partial charge in [-0.05, 0) is 17.7 Å². The molecule has 3 nitrogen and oxygen atoms in total. The van der Waals surface area contributed by atoms with Gasteiger partial charge in [0.15, 0.2) is 11.5 Å². The molecule has 0 aliphatic carbocycles. The summed E-state index contributed by atoms with van der Waals surface area (Å²) in [6.07, 6.45) is 1.80. The molecule has 0 fully saturated rings. The lowest BCUT2D eigenvalue weighted by atomic mass is 10.1. The normalized spacial score (nSPS) is 11.6. The molecule has 0 saturated heterocycles. The highest BCUT2D eigenvalue weighted by Crippen LogP contribution is 2.31. The SMILES string of the molecule is COc1ccccc1OC([CH]C=O)c1ccccc1. The molecule has 97 valence electrons. The predicted octanol–water partition coefficient (Wildman–Crippen LogP) is 3.22. The van der Waals surface area contributed by atoms with Gasteiger partial charge >= 0.3 is 0 Å². The molecule has 0 bridgehead atoms. The second kappa shape index (κ2) is 6.59. The molecule has 1 unspecified atom stereocenters. The van der Waals surface area contributed by atoms with E-state index in [0.717, 1.165) is 11.8 Å². The van der Waals surface area contributed by atoms with Gasteiger partial charge in [-0.25, -0.2) is 0 Å². The van der Waals surface area contributed by atoms with Crippen LogP contribution in [0.25, 0.3) is 0 Å². The molecule has 2 aromatic carbocycles. The third-order valence-electron chi connectivity index (χ3n) is 2.70. The first-order chi connectivity index (χ1) is 9.35. The van der Waals surface area contributed by atoms with Crippen LogP contribution >= 0.6 is 0 Å². The smallest absolute Gasteiger partial charge is 0.162 e. The van der Waals surface area contributed by atoms with E-state index in [1.54, 1.807) is 7.11 Å². The molecule has 0 aromatic heterocycles. The highest BCUT2D eigenvalue weighted by molar-refractivity contribution is 5.63. The third-order valence-corrected chi connectivity index (χ3v) is 2.70. The number of hydrogen-bond acceptors (Lipinski definition) is 3. The Labute approximate surface area is 112 Å². The Morgan fingerprint density at radius 2 is 1.58 bits per heavy atom. The number of para-hydroxylation sites is 2. The van der Waals surface area contributed by atoms with E-state index in [9.17, 15) is 4.79 Å². The summed E-state index contributed by atoms with van der Waals surface area (Å²) in [5, 5.41) is 0. The fraction of sp³-hybridized carbons (Fsp3) is 0.125. The van der Waals surface area contributed by atoms with E-state index >= 15 is 0 Å². The number of aldehydes is 1. The van der Waals surface area contributed by atoms with E-state index in [1.807, 2.05) is 54.6 Å². The van der Waals surface area contributed by atoms with Crippen LogP contribution < -0.4 is 9.47 Å². The molecule has 19 heavy (non-hydrogen) atoms. The maximum Gasteiger partial charge on any atom is 0.162 e. The predicted molar refractivity (Wildman–Crippen MR) is 73.2 cm³/mol. The maximum absolute atomic E-state index is 10.8. The average molecular weight is 255 g/mol. The summed E-state index contributed by atoms with van der Waals surface area (Å²) >= 11 is 0. The third kappa shape index (κ3) is 3.35. The molecule has 3 heteroatoms. The van der Waals surface area contributed by atoms with Crippen molar-refractivity contribution in [3.8, 4) is 11.5 Å². The minimum atomic E-state index is -0.421. The first-order valence-corrected chi connectivity index (χ1v) is 5.98. The van der Waals surface area contributed by atoms with Crippen LogP contribution in [-0.4, -0.2) is 13.4 Å². The molecule has 0 heterocycles. The van der Waals surface area contributed by atoms with Crippen LogP contribution in [0.3, 0.4) is 0 Å². The lowest BCUT2D eigenvalue weighted by molar-refractivity contribution is -0.106. The van der Waals surface area contributed by atoms with E-state index in [2.05, 4.69) is 0 Å². The number of carbonyl (C=O) groups is 1. The van der Waals surface area contributed by atoms with Crippen LogP contribution in [0.15, 0.2) is 54.6 Å². The summed E-state index contributed by atoms with van der Waals surface area (Å²) in [7, 11) is 1.59. The van der Waals surface area contributed by atoms with Crippen molar-refractivity contribution in [2.24, 2.45) is 0 Å². The zero-order valence-electron chi connectivity index (χ0n) is 10.7. The number of methoxy groups -OCH3 is 1. The largest absolute Gasteiger partial charge is 0.493 e. The molecule has 0 saturated carbocycles. The molecule has 1 atom stereocenters. The van der Waals surface area contributed by atoms with Gasteiger partial charge in [-0.1, -0.05) is 42.5 Å². The molecule has 0 N–H and O–H groups in total. The lowest BCUT2D eigenvalue weighted by Crippen LogP contribution is -2.09. The summed E-state index contributed by atoms with van der Waals surface area (Å²) in [4.78, 5) is 10.8. The number of ether oxygens (including phenoxy) is 2. The Kier molecular flexibility index (Phi) is 4.56. The van der Waals surface area contributed by atoms with Crippen molar-refractivity contribution in [1.82, 2.24) is 0 Å². The summed E-state index contributed by atoms with van der Waals surface area (Å²) in [5.41, 5.74) is 0.917. The van der Waals surface area contributed by atoms with Gasteiger partial charge in [0.25, 0.3) is 0 Å².